The van der Waals surface area contributed by atoms with Crippen LogP contribution in [0.1, 0.15) is 44.1 Å². The van der Waals surface area contributed by atoms with Crippen LogP contribution in [0.3, 0.4) is 0 Å². The summed E-state index contributed by atoms with van der Waals surface area (Å²) < 4.78 is 21.9. The highest BCUT2D eigenvalue weighted by atomic mass is 31.2. The van der Waals surface area contributed by atoms with Crippen molar-refractivity contribution in [2.75, 3.05) is 25.4 Å². The number of rotatable bonds is 12. The molecule has 2 atom stereocenters. The van der Waals surface area contributed by atoms with Crippen LogP contribution in [-0.2, 0) is 30.2 Å². The van der Waals surface area contributed by atoms with E-state index in [0.717, 1.165) is 18.4 Å². The number of carbonyl (C=O) groups is 3. The van der Waals surface area contributed by atoms with Crippen LogP contribution in [0.2, 0.25) is 0 Å². The second kappa shape index (κ2) is 13.2. The van der Waals surface area contributed by atoms with Gasteiger partial charge in [-0.2, -0.15) is 0 Å². The summed E-state index contributed by atoms with van der Waals surface area (Å²) in [4.78, 5) is 45.1. The number of esters is 2. The van der Waals surface area contributed by atoms with E-state index in [4.69, 9.17) is 4.74 Å². The maximum Gasteiger partial charge on any atom is 0.407 e. The van der Waals surface area contributed by atoms with Gasteiger partial charge in [-0.3, -0.25) is 9.36 Å². The van der Waals surface area contributed by atoms with Crippen LogP contribution in [0, 0.1) is 0 Å². The molecule has 172 valence electrons. The molecule has 0 spiro atoms. The molecule has 3 N–H and O–H groups in total. The molecule has 1 aromatic rings. The first-order chi connectivity index (χ1) is 14.9. The van der Waals surface area contributed by atoms with E-state index in [-0.39, 0.29) is 12.8 Å². The Morgan fingerprint density at radius 2 is 1.87 bits per heavy atom. The zero-order valence-corrected chi connectivity index (χ0v) is 18.5. The van der Waals surface area contributed by atoms with E-state index in [1.54, 1.807) is 0 Å². The van der Waals surface area contributed by atoms with Gasteiger partial charge in [0.1, 0.15) is 18.8 Å². The molecule has 0 aromatic heterocycles. The van der Waals surface area contributed by atoms with Crippen molar-refractivity contribution in [1.29, 1.82) is 0 Å². The monoisotopic (exact) mass is 454 g/mol. The highest BCUT2D eigenvalue weighted by Crippen LogP contribution is 2.41. The molecule has 0 aliphatic carbocycles. The second-order valence-corrected chi connectivity index (χ2v) is 10.0. The predicted molar refractivity (Wildman–Crippen MR) is 115 cm³/mol. The molecule has 10 heteroatoms. The van der Waals surface area contributed by atoms with E-state index in [1.165, 1.54) is 0 Å². The van der Waals surface area contributed by atoms with E-state index in [9.17, 15) is 23.8 Å². The Bertz CT molecular complexity index is 766. The lowest BCUT2D eigenvalue weighted by Crippen LogP contribution is -2.34. The molecule has 1 unspecified atom stereocenters. The van der Waals surface area contributed by atoms with Gasteiger partial charge in [0.25, 0.3) is 0 Å². The quantitative estimate of drug-likeness (QED) is 0.190. The molecule has 0 radical (unpaired) electrons. The molecular weight excluding hydrogens is 423 g/mol. The molecule has 9 nitrogen and oxygen atoms in total. The first-order valence-electron chi connectivity index (χ1n) is 10.6. The van der Waals surface area contributed by atoms with Crippen molar-refractivity contribution in [3.63, 3.8) is 0 Å². The van der Waals surface area contributed by atoms with Crippen molar-refractivity contribution in [3.05, 3.63) is 35.9 Å². The third kappa shape index (κ3) is 10.6. The lowest BCUT2D eigenvalue weighted by molar-refractivity contribution is -0.159. The van der Waals surface area contributed by atoms with Crippen molar-refractivity contribution >= 4 is 25.4 Å². The summed E-state index contributed by atoms with van der Waals surface area (Å²) in [5.41, 5.74) is 0.912. The number of benzene rings is 1. The van der Waals surface area contributed by atoms with Crippen LogP contribution in [0.25, 0.3) is 0 Å². The van der Waals surface area contributed by atoms with Gasteiger partial charge in [0.2, 0.25) is 7.37 Å². The van der Waals surface area contributed by atoms with E-state index >= 15 is 0 Å². The van der Waals surface area contributed by atoms with Crippen LogP contribution in [0.5, 0.6) is 0 Å². The fourth-order valence-electron chi connectivity index (χ4n) is 3.18. The molecule has 1 heterocycles. The Morgan fingerprint density at radius 1 is 1.13 bits per heavy atom. The minimum absolute atomic E-state index is 0.00941. The van der Waals surface area contributed by atoms with Crippen LogP contribution in [-0.4, -0.2) is 54.4 Å². The Morgan fingerprint density at radius 3 is 2.58 bits per heavy atom. The van der Waals surface area contributed by atoms with Crippen molar-refractivity contribution in [1.82, 2.24) is 10.6 Å². The summed E-state index contributed by atoms with van der Waals surface area (Å²) in [5, 5.41) is 5.58. The maximum absolute atomic E-state index is 12.1. The predicted octanol–water partition coefficient (Wildman–Crippen LogP) is 2.57. The number of ether oxygens (including phenoxy) is 2. The smallest absolute Gasteiger partial charge is 0.407 e. The SMILES string of the molecule is O=C(CP(=O)(O)CCCCCCNC(=O)OCc1ccccc1)OC(=O)[C@@H]1CCCN1. The molecule has 0 saturated carbocycles. The van der Waals surface area contributed by atoms with Crippen LogP contribution in [0.15, 0.2) is 30.3 Å². The van der Waals surface area contributed by atoms with Gasteiger partial charge >= 0.3 is 18.0 Å². The zero-order chi connectivity index (χ0) is 22.5. The molecule has 2 rings (SSSR count). The summed E-state index contributed by atoms with van der Waals surface area (Å²) in [6, 6.07) is 8.87. The molecule has 1 aliphatic heterocycles. The molecular formula is C21H31N2O7P. The van der Waals surface area contributed by atoms with Crippen molar-refractivity contribution in [3.8, 4) is 0 Å². The zero-order valence-electron chi connectivity index (χ0n) is 17.6. The summed E-state index contributed by atoms with van der Waals surface area (Å²) in [6.45, 7) is 1.36. The van der Waals surface area contributed by atoms with Crippen LogP contribution in [0.4, 0.5) is 4.79 Å². The number of unbranched alkanes of at least 4 members (excludes halogenated alkanes) is 3. The van der Waals surface area contributed by atoms with Crippen LogP contribution >= 0.6 is 7.37 Å². The average molecular weight is 454 g/mol. The first kappa shape index (κ1) is 25.0. The number of hydrogen-bond acceptors (Lipinski definition) is 7. The number of amides is 1. The summed E-state index contributed by atoms with van der Waals surface area (Å²) in [7, 11) is -3.68. The van der Waals surface area contributed by atoms with Gasteiger partial charge in [-0.05, 0) is 37.8 Å². The summed E-state index contributed by atoms with van der Waals surface area (Å²) >= 11 is 0. The van der Waals surface area contributed by atoms with Crippen molar-refractivity contribution in [2.24, 2.45) is 0 Å². The number of alkyl carbamates (subject to hydrolysis) is 1. The normalized spacial score (nSPS) is 17.5. The Labute approximate surface area is 182 Å². The Hall–Kier alpha value is -2.22. The molecule has 31 heavy (non-hydrogen) atoms. The van der Waals surface area contributed by atoms with Gasteiger partial charge in [0.05, 0.1) is 0 Å². The fraction of sp³-hybridized carbons (Fsp3) is 0.571. The van der Waals surface area contributed by atoms with Gasteiger partial charge in [-0.25, -0.2) is 9.59 Å². The molecule has 1 aromatic carbocycles. The third-order valence-corrected chi connectivity index (χ3v) is 6.62. The minimum Gasteiger partial charge on any atom is -0.445 e. The molecule has 1 saturated heterocycles. The lowest BCUT2D eigenvalue weighted by atomic mass is 10.2. The largest absolute Gasteiger partial charge is 0.445 e. The van der Waals surface area contributed by atoms with Gasteiger partial charge in [-0.1, -0.05) is 43.2 Å². The number of carbonyl (C=O) groups excluding carboxylic acids is 3. The summed E-state index contributed by atoms with van der Waals surface area (Å²) in [5.74, 6) is -1.64. The van der Waals surface area contributed by atoms with E-state index in [0.29, 0.717) is 38.8 Å². The highest BCUT2D eigenvalue weighted by molar-refractivity contribution is 7.58. The molecule has 1 amide bonds. The van der Waals surface area contributed by atoms with E-state index in [2.05, 4.69) is 15.4 Å². The molecule has 1 aliphatic rings. The lowest BCUT2D eigenvalue weighted by Gasteiger charge is -2.12. The van der Waals surface area contributed by atoms with Gasteiger partial charge in [0.15, 0.2) is 0 Å². The average Bonchev–Trinajstić information content (AvgIpc) is 3.27. The van der Waals surface area contributed by atoms with Gasteiger partial charge in [0, 0.05) is 12.7 Å². The number of hydrogen-bond donors (Lipinski definition) is 3. The second-order valence-electron chi connectivity index (χ2n) is 7.57. The van der Waals surface area contributed by atoms with E-state index in [1.807, 2.05) is 30.3 Å². The maximum atomic E-state index is 12.1. The highest BCUT2D eigenvalue weighted by Gasteiger charge is 2.29. The summed E-state index contributed by atoms with van der Waals surface area (Å²) in [6.07, 6.45) is 2.91. The van der Waals surface area contributed by atoms with Crippen LogP contribution < -0.4 is 10.6 Å². The van der Waals surface area contributed by atoms with Gasteiger partial charge < -0.3 is 25.0 Å². The number of nitrogens with one attached hydrogen (secondary N) is 2. The topological polar surface area (TPSA) is 131 Å². The standard InChI is InChI=1S/C21H31N2O7P/c24-19(30-20(25)18-11-8-13-22-18)16-31(27,28)14-7-2-1-6-12-23-21(26)29-15-17-9-4-3-5-10-17/h3-5,9-10,18,22H,1-2,6-8,11-16H2,(H,23,26)(H,27,28)/t18-/m0/s1. The molecule has 0 bridgehead atoms. The Balaban J connectivity index is 1.49. The third-order valence-electron chi connectivity index (χ3n) is 4.85. The Kier molecular flexibility index (Phi) is 10.7. The molecule has 1 fully saturated rings. The van der Waals surface area contributed by atoms with Crippen molar-refractivity contribution in [2.45, 2.75) is 51.2 Å². The fourth-order valence-corrected chi connectivity index (χ4v) is 4.53. The van der Waals surface area contributed by atoms with Gasteiger partial charge in [-0.15, -0.1) is 0 Å². The minimum atomic E-state index is -3.68. The van der Waals surface area contributed by atoms with Crippen molar-refractivity contribution < 1.29 is 33.3 Å². The van der Waals surface area contributed by atoms with E-state index < -0.39 is 37.6 Å². The first-order valence-corrected chi connectivity index (χ1v) is 12.6.